The van der Waals surface area contributed by atoms with Gasteiger partial charge in [-0.2, -0.15) is 0 Å². The van der Waals surface area contributed by atoms with E-state index < -0.39 is 0 Å². The number of likely N-dealkylation sites (tertiary alicyclic amines) is 1. The lowest BCUT2D eigenvalue weighted by atomic mass is 9.75. The molecule has 1 amide bonds. The Morgan fingerprint density at radius 3 is 2.47 bits per heavy atom. The molecule has 0 aromatic heterocycles. The van der Waals surface area contributed by atoms with Gasteiger partial charge < -0.3 is 15.0 Å². The van der Waals surface area contributed by atoms with Crippen molar-refractivity contribution in [1.29, 1.82) is 0 Å². The van der Waals surface area contributed by atoms with Crippen molar-refractivity contribution in [3.05, 3.63) is 0 Å². The van der Waals surface area contributed by atoms with Gasteiger partial charge in [-0.25, -0.2) is 0 Å². The third kappa shape index (κ3) is 3.29. The van der Waals surface area contributed by atoms with E-state index in [1.807, 2.05) is 0 Å². The fraction of sp³-hybridized carbons (Fsp3) is 0.933. The van der Waals surface area contributed by atoms with Crippen LogP contribution in [0.5, 0.6) is 0 Å². The molecule has 0 saturated carbocycles. The van der Waals surface area contributed by atoms with Crippen LogP contribution in [0.1, 0.15) is 39.0 Å². The smallest absolute Gasteiger partial charge is 0.228 e. The lowest BCUT2D eigenvalue weighted by molar-refractivity contribution is -0.145. The molecule has 2 aliphatic rings. The van der Waals surface area contributed by atoms with Gasteiger partial charge >= 0.3 is 0 Å². The molecular formula is C15H28N2O2. The number of carbonyl (C=O) groups excluding carboxylic acids is 1. The number of nitrogens with one attached hydrogen (secondary N) is 1. The van der Waals surface area contributed by atoms with Gasteiger partial charge in [0.15, 0.2) is 0 Å². The highest BCUT2D eigenvalue weighted by Gasteiger charge is 2.41. The van der Waals surface area contributed by atoms with Crippen LogP contribution >= 0.6 is 0 Å². The highest BCUT2D eigenvalue weighted by Crippen LogP contribution is 2.35. The average Bonchev–Trinajstić information content (AvgIpc) is 2.48. The number of hydrogen-bond acceptors (Lipinski definition) is 3. The van der Waals surface area contributed by atoms with Crippen molar-refractivity contribution in [2.24, 2.45) is 11.3 Å². The second kappa shape index (κ2) is 6.71. The van der Waals surface area contributed by atoms with Gasteiger partial charge in [0.2, 0.25) is 5.91 Å². The predicted octanol–water partition coefficient (Wildman–Crippen LogP) is 1.65. The van der Waals surface area contributed by atoms with Crippen LogP contribution in [0, 0.1) is 11.3 Å². The number of amides is 1. The molecule has 0 radical (unpaired) electrons. The quantitative estimate of drug-likeness (QED) is 0.843. The zero-order valence-electron chi connectivity index (χ0n) is 12.4. The molecule has 0 atom stereocenters. The van der Waals surface area contributed by atoms with Crippen molar-refractivity contribution >= 4 is 5.91 Å². The molecular weight excluding hydrogens is 240 g/mol. The third-order valence-electron chi connectivity index (χ3n) is 5.00. The molecule has 0 unspecified atom stereocenters. The third-order valence-corrected chi connectivity index (χ3v) is 5.00. The largest absolute Gasteiger partial charge is 0.384 e. The van der Waals surface area contributed by atoms with Crippen LogP contribution in [0.4, 0.5) is 0 Å². The first kappa shape index (κ1) is 14.8. The van der Waals surface area contributed by atoms with Crippen molar-refractivity contribution in [2.75, 3.05) is 39.9 Å². The van der Waals surface area contributed by atoms with E-state index in [1.165, 1.54) is 0 Å². The van der Waals surface area contributed by atoms with E-state index in [1.54, 1.807) is 7.11 Å². The molecule has 4 nitrogen and oxygen atoms in total. The number of ether oxygens (including phenoxy) is 1. The molecule has 4 heteroatoms. The normalized spacial score (nSPS) is 24.4. The van der Waals surface area contributed by atoms with E-state index in [0.29, 0.717) is 11.8 Å². The molecule has 2 heterocycles. The van der Waals surface area contributed by atoms with E-state index in [0.717, 1.165) is 64.9 Å². The second-order valence-electron chi connectivity index (χ2n) is 6.07. The lowest BCUT2D eigenvalue weighted by Gasteiger charge is -2.42. The molecule has 0 bridgehead atoms. The minimum Gasteiger partial charge on any atom is -0.384 e. The second-order valence-corrected chi connectivity index (χ2v) is 6.07. The standard InChI is InChI=1S/C15H28N2O2/c1-3-15(6-8-16-9-7-15)14(18)17-10-4-13(5-11-17)12-19-2/h13,16H,3-12H2,1-2H3. The molecule has 1 N–H and O–H groups in total. The number of methoxy groups -OCH3 is 1. The highest BCUT2D eigenvalue weighted by atomic mass is 16.5. The van der Waals surface area contributed by atoms with Gasteiger partial charge in [-0.1, -0.05) is 6.92 Å². The Bertz CT molecular complexity index is 293. The van der Waals surface area contributed by atoms with E-state index in [9.17, 15) is 4.79 Å². The Labute approximate surface area is 116 Å². The summed E-state index contributed by atoms with van der Waals surface area (Å²) in [6.45, 7) is 6.81. The summed E-state index contributed by atoms with van der Waals surface area (Å²) in [6, 6.07) is 0. The Morgan fingerprint density at radius 2 is 1.95 bits per heavy atom. The van der Waals surface area contributed by atoms with Crippen molar-refractivity contribution in [3.8, 4) is 0 Å². The maximum Gasteiger partial charge on any atom is 0.228 e. The Morgan fingerprint density at radius 1 is 1.32 bits per heavy atom. The van der Waals surface area contributed by atoms with Crippen LogP contribution in [0.15, 0.2) is 0 Å². The molecule has 0 spiro atoms. The fourth-order valence-electron chi connectivity index (χ4n) is 3.50. The highest BCUT2D eigenvalue weighted by molar-refractivity contribution is 5.83. The van der Waals surface area contributed by atoms with Crippen LogP contribution in [0.3, 0.4) is 0 Å². The number of carbonyl (C=O) groups is 1. The number of hydrogen-bond donors (Lipinski definition) is 1. The zero-order valence-corrected chi connectivity index (χ0v) is 12.4. The summed E-state index contributed by atoms with van der Waals surface area (Å²) >= 11 is 0. The van der Waals surface area contributed by atoms with Crippen molar-refractivity contribution in [3.63, 3.8) is 0 Å². The van der Waals surface area contributed by atoms with E-state index in [2.05, 4.69) is 17.1 Å². The van der Waals surface area contributed by atoms with Gasteiger partial charge in [0.25, 0.3) is 0 Å². The summed E-state index contributed by atoms with van der Waals surface area (Å²) in [5, 5.41) is 3.37. The monoisotopic (exact) mass is 268 g/mol. The van der Waals surface area contributed by atoms with E-state index in [-0.39, 0.29) is 5.41 Å². The number of rotatable bonds is 4. The maximum absolute atomic E-state index is 12.8. The number of nitrogens with zero attached hydrogens (tertiary/aromatic N) is 1. The molecule has 19 heavy (non-hydrogen) atoms. The van der Waals surface area contributed by atoms with Crippen molar-refractivity contribution in [1.82, 2.24) is 10.2 Å². The molecule has 2 saturated heterocycles. The van der Waals surface area contributed by atoms with Crippen LogP contribution in [0.2, 0.25) is 0 Å². The van der Waals surface area contributed by atoms with Gasteiger partial charge in [-0.3, -0.25) is 4.79 Å². The van der Waals surface area contributed by atoms with Gasteiger partial charge in [0.05, 0.1) is 5.41 Å². The maximum atomic E-state index is 12.8. The first-order chi connectivity index (χ1) is 9.22. The first-order valence-corrected chi connectivity index (χ1v) is 7.71. The minimum atomic E-state index is -0.0840. The molecule has 2 fully saturated rings. The molecule has 0 aromatic carbocycles. The molecule has 2 aliphatic heterocycles. The predicted molar refractivity (Wildman–Crippen MR) is 76.0 cm³/mol. The fourth-order valence-corrected chi connectivity index (χ4v) is 3.50. The van der Waals surface area contributed by atoms with E-state index in [4.69, 9.17) is 4.74 Å². The molecule has 0 aliphatic carbocycles. The summed E-state index contributed by atoms with van der Waals surface area (Å²) in [5.74, 6) is 1.05. The van der Waals surface area contributed by atoms with Gasteiger partial charge in [-0.05, 0) is 51.1 Å². The summed E-state index contributed by atoms with van der Waals surface area (Å²) in [5.41, 5.74) is -0.0840. The Kier molecular flexibility index (Phi) is 5.22. The molecule has 2 rings (SSSR count). The van der Waals surface area contributed by atoms with Gasteiger partial charge in [0, 0.05) is 26.8 Å². The van der Waals surface area contributed by atoms with Gasteiger partial charge in [-0.15, -0.1) is 0 Å². The van der Waals surface area contributed by atoms with Crippen LogP contribution in [0.25, 0.3) is 0 Å². The van der Waals surface area contributed by atoms with Crippen LogP contribution < -0.4 is 5.32 Å². The van der Waals surface area contributed by atoms with Crippen LogP contribution in [-0.2, 0) is 9.53 Å². The Balaban J connectivity index is 1.92. The Hall–Kier alpha value is -0.610. The van der Waals surface area contributed by atoms with E-state index >= 15 is 0 Å². The van der Waals surface area contributed by atoms with Crippen LogP contribution in [-0.4, -0.2) is 50.7 Å². The number of piperidine rings is 2. The average molecular weight is 268 g/mol. The van der Waals surface area contributed by atoms with Gasteiger partial charge in [0.1, 0.15) is 0 Å². The SMILES string of the molecule is CCC1(C(=O)N2CCC(COC)CC2)CCNCC1. The summed E-state index contributed by atoms with van der Waals surface area (Å²) in [7, 11) is 1.76. The first-order valence-electron chi connectivity index (χ1n) is 7.71. The van der Waals surface area contributed by atoms with Crippen molar-refractivity contribution < 1.29 is 9.53 Å². The summed E-state index contributed by atoms with van der Waals surface area (Å²) < 4.78 is 5.22. The molecule has 110 valence electrons. The topological polar surface area (TPSA) is 41.6 Å². The minimum absolute atomic E-state index is 0.0840. The van der Waals surface area contributed by atoms with Crippen molar-refractivity contribution in [2.45, 2.75) is 39.0 Å². The summed E-state index contributed by atoms with van der Waals surface area (Å²) in [4.78, 5) is 14.9. The lowest BCUT2D eigenvalue weighted by Crippen LogP contribution is -2.51. The zero-order chi connectivity index (χ0) is 13.7. The molecule has 0 aromatic rings. The summed E-state index contributed by atoms with van der Waals surface area (Å²) in [6.07, 6.45) is 5.17.